The van der Waals surface area contributed by atoms with E-state index >= 15 is 0 Å². The smallest absolute Gasteiger partial charge is 0.124 e. The number of methoxy groups -OCH3 is 2. The second-order valence-electron chi connectivity index (χ2n) is 2.70. The minimum atomic E-state index is -0.0869. The van der Waals surface area contributed by atoms with Crippen molar-refractivity contribution >= 4 is 0 Å². The summed E-state index contributed by atoms with van der Waals surface area (Å²) in [7, 11) is 3.28. The number of ether oxygens (including phenoxy) is 2. The summed E-state index contributed by atoms with van der Waals surface area (Å²) in [5.74, 6) is 0.819. The molecule has 0 bridgehead atoms. The van der Waals surface area contributed by atoms with Gasteiger partial charge in [0.15, 0.2) is 0 Å². The van der Waals surface area contributed by atoms with Crippen molar-refractivity contribution < 1.29 is 9.47 Å². The van der Waals surface area contributed by atoms with Gasteiger partial charge in [-0.1, -0.05) is 18.2 Å². The van der Waals surface area contributed by atoms with E-state index in [2.05, 4.69) is 0 Å². The molecule has 1 aromatic rings. The molecule has 0 aliphatic rings. The fraction of sp³-hybridized carbons (Fsp3) is 0.400. The van der Waals surface area contributed by atoms with Crippen LogP contribution in [-0.2, 0) is 4.74 Å². The van der Waals surface area contributed by atoms with Crippen molar-refractivity contribution in [2.24, 2.45) is 5.73 Å². The molecule has 0 spiro atoms. The maximum atomic E-state index is 5.56. The van der Waals surface area contributed by atoms with Gasteiger partial charge < -0.3 is 15.2 Å². The van der Waals surface area contributed by atoms with Gasteiger partial charge >= 0.3 is 0 Å². The summed E-state index contributed by atoms with van der Waals surface area (Å²) in [5.41, 5.74) is 6.55. The lowest BCUT2D eigenvalue weighted by Crippen LogP contribution is -2.14. The average molecular weight is 181 g/mol. The number of para-hydroxylation sites is 1. The summed E-state index contributed by atoms with van der Waals surface area (Å²) >= 11 is 0. The van der Waals surface area contributed by atoms with Gasteiger partial charge in [0.1, 0.15) is 5.75 Å². The first-order valence-electron chi connectivity index (χ1n) is 4.19. The van der Waals surface area contributed by atoms with E-state index in [4.69, 9.17) is 15.2 Å². The van der Waals surface area contributed by atoms with Gasteiger partial charge in [0.05, 0.1) is 13.2 Å². The molecule has 0 aromatic heterocycles. The third-order valence-corrected chi connectivity index (χ3v) is 1.98. The highest BCUT2D eigenvalue weighted by atomic mass is 16.5. The summed E-state index contributed by atoms with van der Waals surface area (Å²) in [4.78, 5) is 0. The zero-order chi connectivity index (χ0) is 9.68. The molecule has 1 atom stereocenters. The topological polar surface area (TPSA) is 44.5 Å². The van der Waals surface area contributed by atoms with Crippen LogP contribution in [0, 0.1) is 0 Å². The maximum absolute atomic E-state index is 5.56. The molecule has 0 heterocycles. The van der Waals surface area contributed by atoms with E-state index in [1.807, 2.05) is 24.3 Å². The molecule has 0 saturated heterocycles. The van der Waals surface area contributed by atoms with Crippen LogP contribution in [0.15, 0.2) is 24.3 Å². The molecule has 3 heteroatoms. The van der Waals surface area contributed by atoms with E-state index in [0.29, 0.717) is 6.54 Å². The molecule has 1 aromatic carbocycles. The van der Waals surface area contributed by atoms with Crippen LogP contribution in [0.4, 0.5) is 0 Å². The van der Waals surface area contributed by atoms with Gasteiger partial charge in [-0.3, -0.25) is 0 Å². The molecular weight excluding hydrogens is 166 g/mol. The van der Waals surface area contributed by atoms with Crippen molar-refractivity contribution in [3.05, 3.63) is 29.8 Å². The Balaban J connectivity index is 2.96. The molecule has 0 radical (unpaired) electrons. The Labute approximate surface area is 78.5 Å². The van der Waals surface area contributed by atoms with Gasteiger partial charge in [0.25, 0.3) is 0 Å². The summed E-state index contributed by atoms with van der Waals surface area (Å²) in [6, 6.07) is 7.72. The van der Waals surface area contributed by atoms with Crippen LogP contribution in [0.3, 0.4) is 0 Å². The SMILES string of the molecule is COc1ccccc1[C@@H](CN)OC. The molecule has 0 saturated carbocycles. The lowest BCUT2D eigenvalue weighted by molar-refractivity contribution is 0.108. The third kappa shape index (κ3) is 2.20. The van der Waals surface area contributed by atoms with Crippen molar-refractivity contribution in [3.63, 3.8) is 0 Å². The van der Waals surface area contributed by atoms with E-state index < -0.39 is 0 Å². The number of nitrogens with two attached hydrogens (primary N) is 1. The zero-order valence-electron chi connectivity index (χ0n) is 7.99. The monoisotopic (exact) mass is 181 g/mol. The van der Waals surface area contributed by atoms with Gasteiger partial charge in [-0.2, -0.15) is 0 Å². The summed E-state index contributed by atoms with van der Waals surface area (Å²) in [5, 5.41) is 0. The first kappa shape index (κ1) is 10.0. The largest absolute Gasteiger partial charge is 0.496 e. The normalized spacial score (nSPS) is 12.5. The Morgan fingerprint density at radius 2 is 2.00 bits per heavy atom. The number of benzene rings is 1. The fourth-order valence-corrected chi connectivity index (χ4v) is 1.28. The summed E-state index contributed by atoms with van der Waals surface area (Å²) in [6.07, 6.45) is -0.0869. The lowest BCUT2D eigenvalue weighted by Gasteiger charge is -2.16. The summed E-state index contributed by atoms with van der Waals surface area (Å²) in [6.45, 7) is 0.455. The molecule has 1 rings (SSSR count). The van der Waals surface area contributed by atoms with Crippen LogP contribution in [-0.4, -0.2) is 20.8 Å². The molecule has 2 N–H and O–H groups in total. The molecule has 3 nitrogen and oxygen atoms in total. The van der Waals surface area contributed by atoms with Crippen LogP contribution in [0.5, 0.6) is 5.75 Å². The first-order valence-corrected chi connectivity index (χ1v) is 4.19. The predicted molar refractivity (Wildman–Crippen MR) is 51.8 cm³/mol. The van der Waals surface area contributed by atoms with E-state index in [-0.39, 0.29) is 6.10 Å². The van der Waals surface area contributed by atoms with Crippen molar-refractivity contribution in [2.75, 3.05) is 20.8 Å². The molecule has 0 unspecified atom stereocenters. The lowest BCUT2D eigenvalue weighted by atomic mass is 10.1. The van der Waals surface area contributed by atoms with Crippen molar-refractivity contribution in [3.8, 4) is 5.75 Å². The van der Waals surface area contributed by atoms with Crippen molar-refractivity contribution in [2.45, 2.75) is 6.10 Å². The third-order valence-electron chi connectivity index (χ3n) is 1.98. The second kappa shape index (κ2) is 4.84. The summed E-state index contributed by atoms with van der Waals surface area (Å²) < 4.78 is 10.4. The molecule has 0 fully saturated rings. The standard InChI is InChI=1S/C10H15NO2/c1-12-9-6-4-3-5-8(9)10(7-11)13-2/h3-6,10H,7,11H2,1-2H3/t10-/m1/s1. The van der Waals surface area contributed by atoms with Gasteiger partial charge in [-0.25, -0.2) is 0 Å². The number of hydrogen-bond donors (Lipinski definition) is 1. The van der Waals surface area contributed by atoms with Crippen LogP contribution in [0.2, 0.25) is 0 Å². The van der Waals surface area contributed by atoms with E-state index in [0.717, 1.165) is 11.3 Å². The zero-order valence-corrected chi connectivity index (χ0v) is 7.99. The number of hydrogen-bond acceptors (Lipinski definition) is 3. The van der Waals surface area contributed by atoms with Crippen molar-refractivity contribution in [1.29, 1.82) is 0 Å². The van der Waals surface area contributed by atoms with Crippen LogP contribution in [0.1, 0.15) is 11.7 Å². The minimum absolute atomic E-state index is 0.0869. The van der Waals surface area contributed by atoms with Gasteiger partial charge in [-0.15, -0.1) is 0 Å². The average Bonchev–Trinajstić information content (AvgIpc) is 2.20. The second-order valence-corrected chi connectivity index (χ2v) is 2.70. The highest BCUT2D eigenvalue weighted by molar-refractivity contribution is 5.35. The van der Waals surface area contributed by atoms with E-state index in [1.54, 1.807) is 14.2 Å². The van der Waals surface area contributed by atoms with Gasteiger partial charge in [0, 0.05) is 19.2 Å². The molecular formula is C10H15NO2. The molecule has 13 heavy (non-hydrogen) atoms. The fourth-order valence-electron chi connectivity index (χ4n) is 1.28. The Bertz CT molecular complexity index is 259. The maximum Gasteiger partial charge on any atom is 0.124 e. The van der Waals surface area contributed by atoms with E-state index in [1.165, 1.54) is 0 Å². The van der Waals surface area contributed by atoms with Gasteiger partial charge in [0.2, 0.25) is 0 Å². The molecule has 72 valence electrons. The minimum Gasteiger partial charge on any atom is -0.496 e. The Morgan fingerprint density at radius 1 is 1.31 bits per heavy atom. The Hall–Kier alpha value is -1.06. The predicted octanol–water partition coefficient (Wildman–Crippen LogP) is 1.34. The number of rotatable bonds is 4. The Morgan fingerprint density at radius 3 is 2.54 bits per heavy atom. The van der Waals surface area contributed by atoms with Crippen LogP contribution >= 0.6 is 0 Å². The highest BCUT2D eigenvalue weighted by Gasteiger charge is 2.12. The highest BCUT2D eigenvalue weighted by Crippen LogP contribution is 2.25. The Kier molecular flexibility index (Phi) is 3.73. The van der Waals surface area contributed by atoms with E-state index in [9.17, 15) is 0 Å². The molecule has 0 amide bonds. The van der Waals surface area contributed by atoms with Crippen LogP contribution < -0.4 is 10.5 Å². The van der Waals surface area contributed by atoms with Crippen LogP contribution in [0.25, 0.3) is 0 Å². The first-order chi connectivity index (χ1) is 6.33. The molecule has 0 aliphatic carbocycles. The quantitative estimate of drug-likeness (QED) is 0.762. The van der Waals surface area contributed by atoms with Gasteiger partial charge in [-0.05, 0) is 6.07 Å². The van der Waals surface area contributed by atoms with Crippen molar-refractivity contribution in [1.82, 2.24) is 0 Å². The molecule has 0 aliphatic heterocycles.